The summed E-state index contributed by atoms with van der Waals surface area (Å²) in [6.07, 6.45) is 1.47. The van der Waals surface area contributed by atoms with E-state index in [1.54, 1.807) is 0 Å². The summed E-state index contributed by atoms with van der Waals surface area (Å²) in [5, 5.41) is 2.87. The number of fused-ring (bicyclic) bond motifs is 1. The lowest BCUT2D eigenvalue weighted by molar-refractivity contribution is -0.120. The van der Waals surface area contributed by atoms with E-state index in [0.717, 1.165) is 22.2 Å². The van der Waals surface area contributed by atoms with Gasteiger partial charge >= 0.3 is 0 Å². The summed E-state index contributed by atoms with van der Waals surface area (Å²) in [7, 11) is -3.85. The van der Waals surface area contributed by atoms with Crippen LogP contribution in [0.3, 0.4) is 0 Å². The van der Waals surface area contributed by atoms with Crippen LogP contribution in [0.15, 0.2) is 48.5 Å². The third kappa shape index (κ3) is 4.44. The van der Waals surface area contributed by atoms with Crippen molar-refractivity contribution in [2.24, 2.45) is 0 Å². The monoisotopic (exact) mass is 406 g/mol. The lowest BCUT2D eigenvalue weighted by Crippen LogP contribution is -2.45. The lowest BCUT2D eigenvalue weighted by atomic mass is 9.89. The second-order valence-corrected chi connectivity index (χ2v) is 9.35. The SMILES string of the molecule is CC1(C)CC(NC(=O)CN(c2ccccc2F)S(C)(=O)=O)c2ccccc2O1. The number of carbonyl (C=O) groups is 1. The molecule has 1 unspecified atom stereocenters. The summed E-state index contributed by atoms with van der Waals surface area (Å²) in [5.74, 6) is -0.553. The average molecular weight is 406 g/mol. The highest BCUT2D eigenvalue weighted by Gasteiger charge is 2.35. The summed E-state index contributed by atoms with van der Waals surface area (Å²) in [6, 6.07) is 12.5. The summed E-state index contributed by atoms with van der Waals surface area (Å²) < 4.78 is 45.2. The number of hydrogen-bond donors (Lipinski definition) is 1. The van der Waals surface area contributed by atoms with Crippen molar-refractivity contribution in [3.05, 3.63) is 59.9 Å². The quantitative estimate of drug-likeness (QED) is 0.828. The molecule has 150 valence electrons. The molecule has 8 heteroatoms. The molecule has 0 aromatic heterocycles. The first-order chi connectivity index (χ1) is 13.1. The molecule has 0 spiro atoms. The first-order valence-corrected chi connectivity index (χ1v) is 10.7. The molecule has 0 saturated carbocycles. The van der Waals surface area contributed by atoms with Gasteiger partial charge in [0.25, 0.3) is 0 Å². The highest BCUT2D eigenvalue weighted by molar-refractivity contribution is 7.92. The second-order valence-electron chi connectivity index (χ2n) is 7.44. The van der Waals surface area contributed by atoms with E-state index in [1.165, 1.54) is 18.2 Å². The first-order valence-electron chi connectivity index (χ1n) is 8.86. The van der Waals surface area contributed by atoms with Crippen molar-refractivity contribution in [1.29, 1.82) is 0 Å². The number of anilines is 1. The molecular weight excluding hydrogens is 383 g/mol. The molecule has 1 N–H and O–H groups in total. The molecule has 1 amide bonds. The molecule has 1 atom stereocenters. The van der Waals surface area contributed by atoms with E-state index in [9.17, 15) is 17.6 Å². The van der Waals surface area contributed by atoms with Crippen molar-refractivity contribution in [1.82, 2.24) is 5.32 Å². The number of benzene rings is 2. The van der Waals surface area contributed by atoms with Crippen LogP contribution in [0, 0.1) is 5.82 Å². The summed E-state index contributed by atoms with van der Waals surface area (Å²) >= 11 is 0. The lowest BCUT2D eigenvalue weighted by Gasteiger charge is -2.38. The molecule has 0 aliphatic carbocycles. The molecule has 1 aliphatic heterocycles. The van der Waals surface area contributed by atoms with E-state index in [0.29, 0.717) is 12.2 Å². The van der Waals surface area contributed by atoms with Gasteiger partial charge in [0.05, 0.1) is 18.0 Å². The van der Waals surface area contributed by atoms with Crippen molar-refractivity contribution in [2.75, 3.05) is 17.1 Å². The second kappa shape index (κ2) is 7.43. The standard InChI is InChI=1S/C20H23FN2O4S/c1-20(2)12-16(14-8-4-7-11-18(14)27-20)22-19(24)13-23(28(3,25)26)17-10-6-5-9-15(17)21/h4-11,16H,12-13H2,1-3H3,(H,22,24). The number of nitrogens with one attached hydrogen (secondary N) is 1. The van der Waals surface area contributed by atoms with E-state index in [4.69, 9.17) is 4.74 Å². The van der Waals surface area contributed by atoms with E-state index in [2.05, 4.69) is 5.32 Å². The van der Waals surface area contributed by atoms with Crippen LogP contribution in [0.4, 0.5) is 10.1 Å². The number of halogens is 1. The number of nitrogens with zero attached hydrogens (tertiary/aromatic N) is 1. The van der Waals surface area contributed by atoms with Crippen LogP contribution in [0.25, 0.3) is 0 Å². The number of rotatable bonds is 5. The van der Waals surface area contributed by atoms with Crippen molar-refractivity contribution in [3.63, 3.8) is 0 Å². The van der Waals surface area contributed by atoms with E-state index < -0.39 is 33.9 Å². The third-order valence-corrected chi connectivity index (χ3v) is 5.65. The predicted molar refractivity (Wildman–Crippen MR) is 105 cm³/mol. The van der Waals surface area contributed by atoms with Crippen LogP contribution in [-0.4, -0.2) is 32.7 Å². The Bertz CT molecular complexity index is 991. The molecule has 2 aromatic carbocycles. The van der Waals surface area contributed by atoms with E-state index in [1.807, 2.05) is 38.1 Å². The average Bonchev–Trinajstić information content (AvgIpc) is 2.58. The fraction of sp³-hybridized carbons (Fsp3) is 0.350. The number of ether oxygens (including phenoxy) is 1. The van der Waals surface area contributed by atoms with Crippen molar-refractivity contribution < 1.29 is 22.3 Å². The maximum atomic E-state index is 14.1. The van der Waals surface area contributed by atoms with Gasteiger partial charge in [0, 0.05) is 12.0 Å². The Morgan fingerprint density at radius 1 is 1.21 bits per heavy atom. The van der Waals surface area contributed by atoms with Gasteiger partial charge in [0.1, 0.15) is 23.7 Å². The molecule has 1 aliphatic rings. The molecule has 0 radical (unpaired) electrons. The highest BCUT2D eigenvalue weighted by Crippen LogP contribution is 2.39. The molecule has 1 heterocycles. The molecule has 3 rings (SSSR count). The van der Waals surface area contributed by atoms with Crippen LogP contribution in [-0.2, 0) is 14.8 Å². The van der Waals surface area contributed by atoms with Gasteiger partial charge < -0.3 is 10.1 Å². The van der Waals surface area contributed by atoms with Gasteiger partial charge in [-0.3, -0.25) is 9.10 Å². The van der Waals surface area contributed by atoms with Gasteiger partial charge in [-0.1, -0.05) is 30.3 Å². The number of hydrogen-bond acceptors (Lipinski definition) is 4. The minimum Gasteiger partial charge on any atom is -0.487 e. The normalized spacial score (nSPS) is 17.9. The van der Waals surface area contributed by atoms with Gasteiger partial charge in [-0.25, -0.2) is 12.8 Å². The van der Waals surface area contributed by atoms with Crippen molar-refractivity contribution in [3.8, 4) is 5.75 Å². The van der Waals surface area contributed by atoms with E-state index >= 15 is 0 Å². The Kier molecular flexibility index (Phi) is 5.34. The topological polar surface area (TPSA) is 75.7 Å². The molecule has 2 aromatic rings. The summed E-state index contributed by atoms with van der Waals surface area (Å²) in [5.41, 5.74) is 0.175. The fourth-order valence-electron chi connectivity index (χ4n) is 3.34. The Labute approximate surface area is 164 Å². The zero-order chi connectivity index (χ0) is 20.5. The van der Waals surface area contributed by atoms with Crippen LogP contribution >= 0.6 is 0 Å². The molecule has 6 nitrogen and oxygen atoms in total. The zero-order valence-corrected chi connectivity index (χ0v) is 16.8. The minimum atomic E-state index is -3.85. The van der Waals surface area contributed by atoms with Gasteiger partial charge in [-0.2, -0.15) is 0 Å². The molecule has 28 heavy (non-hydrogen) atoms. The van der Waals surface area contributed by atoms with Gasteiger partial charge in [-0.15, -0.1) is 0 Å². The third-order valence-electron chi connectivity index (χ3n) is 4.52. The van der Waals surface area contributed by atoms with Crippen LogP contribution < -0.4 is 14.4 Å². The largest absolute Gasteiger partial charge is 0.487 e. The zero-order valence-electron chi connectivity index (χ0n) is 16.0. The van der Waals surface area contributed by atoms with Gasteiger partial charge in [0.2, 0.25) is 15.9 Å². The Balaban J connectivity index is 1.83. The molecule has 0 saturated heterocycles. The first kappa shape index (κ1) is 20.1. The molecule has 0 fully saturated rings. The summed E-state index contributed by atoms with van der Waals surface area (Å²) in [6.45, 7) is 3.33. The Morgan fingerprint density at radius 2 is 1.86 bits per heavy atom. The maximum Gasteiger partial charge on any atom is 0.241 e. The predicted octanol–water partition coefficient (Wildman–Crippen LogP) is 3.01. The number of sulfonamides is 1. The van der Waals surface area contributed by atoms with Crippen molar-refractivity contribution >= 4 is 21.6 Å². The molecule has 0 bridgehead atoms. The van der Waals surface area contributed by atoms with E-state index in [-0.39, 0.29) is 11.7 Å². The summed E-state index contributed by atoms with van der Waals surface area (Å²) in [4.78, 5) is 12.7. The smallest absolute Gasteiger partial charge is 0.241 e. The van der Waals surface area contributed by atoms with Crippen LogP contribution in [0.1, 0.15) is 31.9 Å². The fourth-order valence-corrected chi connectivity index (χ4v) is 4.19. The number of amides is 1. The Morgan fingerprint density at radius 3 is 2.54 bits per heavy atom. The van der Waals surface area contributed by atoms with Crippen LogP contribution in [0.2, 0.25) is 0 Å². The van der Waals surface area contributed by atoms with Crippen molar-refractivity contribution in [2.45, 2.75) is 31.9 Å². The number of para-hydroxylation sites is 2. The Hall–Kier alpha value is -2.61. The van der Waals surface area contributed by atoms with Gasteiger partial charge in [-0.05, 0) is 32.0 Å². The molecular formula is C20H23FN2O4S. The number of carbonyl (C=O) groups excluding carboxylic acids is 1. The van der Waals surface area contributed by atoms with Gasteiger partial charge in [0.15, 0.2) is 0 Å². The minimum absolute atomic E-state index is 0.159. The maximum absolute atomic E-state index is 14.1. The van der Waals surface area contributed by atoms with Crippen LogP contribution in [0.5, 0.6) is 5.75 Å². The highest BCUT2D eigenvalue weighted by atomic mass is 32.2.